The Morgan fingerprint density at radius 3 is 2.63 bits per heavy atom. The predicted octanol–water partition coefficient (Wildman–Crippen LogP) is 6.03. The summed E-state index contributed by atoms with van der Waals surface area (Å²) < 4.78 is 6.23. The smallest absolute Gasteiger partial charge is 0.136 e. The first-order valence-electron chi connectivity index (χ1n) is 9.93. The Kier molecular flexibility index (Phi) is 5.24. The summed E-state index contributed by atoms with van der Waals surface area (Å²) in [5, 5.41) is 2.36. The second kappa shape index (κ2) is 7.96. The average molecular weight is 358 g/mol. The molecule has 27 heavy (non-hydrogen) atoms. The first kappa shape index (κ1) is 17.8. The van der Waals surface area contributed by atoms with Crippen LogP contribution < -0.4 is 4.74 Å². The van der Waals surface area contributed by atoms with Crippen LogP contribution >= 0.6 is 0 Å². The van der Waals surface area contributed by atoms with Crippen molar-refractivity contribution in [3.8, 4) is 5.75 Å². The molecule has 0 saturated heterocycles. The molecular weight excluding hydrogens is 332 g/mol. The first-order chi connectivity index (χ1) is 13.2. The molecule has 1 fully saturated rings. The van der Waals surface area contributed by atoms with Crippen LogP contribution in [0.25, 0.3) is 10.8 Å². The highest BCUT2D eigenvalue weighted by Crippen LogP contribution is 2.35. The van der Waals surface area contributed by atoms with Crippen LogP contribution in [0.3, 0.4) is 0 Å². The van der Waals surface area contributed by atoms with E-state index in [9.17, 15) is 4.79 Å². The van der Waals surface area contributed by atoms with E-state index in [0.717, 1.165) is 43.4 Å². The number of carbonyl (C=O) groups excluding carboxylic acids is 1. The maximum Gasteiger partial charge on any atom is 0.136 e. The molecule has 1 aliphatic rings. The monoisotopic (exact) mass is 358 g/mol. The van der Waals surface area contributed by atoms with Crippen LogP contribution in [0.4, 0.5) is 0 Å². The molecule has 0 heterocycles. The van der Waals surface area contributed by atoms with Crippen molar-refractivity contribution in [2.75, 3.05) is 0 Å². The SMILES string of the molecule is Cc1ccc2cccc(OCc3ccccc3)c2c1C[C@@H]1CCCCC1=O. The molecule has 0 aromatic heterocycles. The van der Waals surface area contributed by atoms with E-state index >= 15 is 0 Å². The van der Waals surface area contributed by atoms with E-state index in [2.05, 4.69) is 43.3 Å². The van der Waals surface area contributed by atoms with Crippen LogP contribution in [0.5, 0.6) is 5.75 Å². The fourth-order valence-corrected chi connectivity index (χ4v) is 4.16. The highest BCUT2D eigenvalue weighted by Gasteiger charge is 2.24. The average Bonchev–Trinajstić information content (AvgIpc) is 2.70. The van der Waals surface area contributed by atoms with Gasteiger partial charge >= 0.3 is 0 Å². The van der Waals surface area contributed by atoms with Gasteiger partial charge in [-0.1, -0.05) is 61.0 Å². The molecule has 1 saturated carbocycles. The normalized spacial score (nSPS) is 17.2. The van der Waals surface area contributed by atoms with Gasteiger partial charge in [-0.25, -0.2) is 0 Å². The number of fused-ring (bicyclic) bond motifs is 1. The summed E-state index contributed by atoms with van der Waals surface area (Å²) >= 11 is 0. The zero-order valence-corrected chi connectivity index (χ0v) is 15.9. The van der Waals surface area contributed by atoms with Crippen molar-refractivity contribution < 1.29 is 9.53 Å². The number of aryl methyl sites for hydroxylation is 1. The molecule has 2 nitrogen and oxygen atoms in total. The van der Waals surface area contributed by atoms with Crippen LogP contribution in [-0.4, -0.2) is 5.78 Å². The zero-order chi connectivity index (χ0) is 18.6. The summed E-state index contributed by atoms with van der Waals surface area (Å²) in [6.07, 6.45) is 4.80. The zero-order valence-electron chi connectivity index (χ0n) is 15.9. The third-order valence-electron chi connectivity index (χ3n) is 5.72. The Morgan fingerprint density at radius 1 is 0.963 bits per heavy atom. The number of hydrogen-bond donors (Lipinski definition) is 0. The van der Waals surface area contributed by atoms with Gasteiger partial charge in [-0.05, 0) is 54.3 Å². The highest BCUT2D eigenvalue weighted by molar-refractivity contribution is 5.93. The van der Waals surface area contributed by atoms with Gasteiger partial charge in [-0.15, -0.1) is 0 Å². The Morgan fingerprint density at radius 2 is 1.81 bits per heavy atom. The van der Waals surface area contributed by atoms with Crippen LogP contribution in [-0.2, 0) is 17.8 Å². The fraction of sp³-hybridized carbons (Fsp3) is 0.320. The molecule has 1 atom stereocenters. The molecule has 0 unspecified atom stereocenters. The second-order valence-corrected chi connectivity index (χ2v) is 7.60. The summed E-state index contributed by atoms with van der Waals surface area (Å²) in [6, 6.07) is 20.8. The van der Waals surface area contributed by atoms with Gasteiger partial charge in [0.25, 0.3) is 0 Å². The second-order valence-electron chi connectivity index (χ2n) is 7.60. The molecule has 0 aliphatic heterocycles. The lowest BCUT2D eigenvalue weighted by atomic mass is 9.81. The van der Waals surface area contributed by atoms with Crippen molar-refractivity contribution in [1.82, 2.24) is 0 Å². The Bertz CT molecular complexity index is 943. The van der Waals surface area contributed by atoms with Crippen LogP contribution in [0.1, 0.15) is 42.4 Å². The quantitative estimate of drug-likeness (QED) is 0.557. The predicted molar refractivity (Wildman–Crippen MR) is 110 cm³/mol. The largest absolute Gasteiger partial charge is 0.488 e. The van der Waals surface area contributed by atoms with Crippen LogP contribution in [0.2, 0.25) is 0 Å². The van der Waals surface area contributed by atoms with E-state index < -0.39 is 0 Å². The van der Waals surface area contributed by atoms with Crippen molar-refractivity contribution in [3.63, 3.8) is 0 Å². The molecule has 2 heteroatoms. The molecule has 3 aromatic carbocycles. The van der Waals surface area contributed by atoms with Crippen molar-refractivity contribution in [3.05, 3.63) is 77.4 Å². The number of rotatable bonds is 5. The third-order valence-corrected chi connectivity index (χ3v) is 5.72. The van der Waals surface area contributed by atoms with Gasteiger partial charge in [-0.3, -0.25) is 4.79 Å². The Hall–Kier alpha value is -2.61. The minimum atomic E-state index is 0.158. The minimum Gasteiger partial charge on any atom is -0.488 e. The lowest BCUT2D eigenvalue weighted by molar-refractivity contribution is -0.124. The molecule has 1 aliphatic carbocycles. The van der Waals surface area contributed by atoms with E-state index in [1.807, 2.05) is 24.3 Å². The number of hydrogen-bond acceptors (Lipinski definition) is 2. The summed E-state index contributed by atoms with van der Waals surface area (Å²) in [7, 11) is 0. The van der Waals surface area contributed by atoms with Crippen LogP contribution in [0.15, 0.2) is 60.7 Å². The summed E-state index contributed by atoms with van der Waals surface area (Å²) in [5.41, 5.74) is 3.68. The summed E-state index contributed by atoms with van der Waals surface area (Å²) in [4.78, 5) is 12.4. The number of ether oxygens (including phenoxy) is 1. The summed E-state index contributed by atoms with van der Waals surface area (Å²) in [6.45, 7) is 2.70. The van der Waals surface area contributed by atoms with Gasteiger partial charge in [-0.2, -0.15) is 0 Å². The molecule has 4 rings (SSSR count). The minimum absolute atomic E-state index is 0.158. The van der Waals surface area contributed by atoms with Crippen molar-refractivity contribution in [2.24, 2.45) is 5.92 Å². The molecule has 3 aromatic rings. The van der Waals surface area contributed by atoms with E-state index in [4.69, 9.17) is 4.74 Å². The van der Waals surface area contributed by atoms with Gasteiger partial charge in [0, 0.05) is 17.7 Å². The molecule has 138 valence electrons. The molecule has 0 radical (unpaired) electrons. The highest BCUT2D eigenvalue weighted by atomic mass is 16.5. The fourth-order valence-electron chi connectivity index (χ4n) is 4.16. The molecule has 0 amide bonds. The van der Waals surface area contributed by atoms with E-state index in [1.54, 1.807) is 0 Å². The molecule has 0 N–H and O–H groups in total. The van der Waals surface area contributed by atoms with Gasteiger partial charge < -0.3 is 4.74 Å². The lowest BCUT2D eigenvalue weighted by Gasteiger charge is -2.23. The van der Waals surface area contributed by atoms with Gasteiger partial charge in [0.1, 0.15) is 18.1 Å². The first-order valence-corrected chi connectivity index (χ1v) is 9.93. The molecule has 0 spiro atoms. The van der Waals surface area contributed by atoms with E-state index in [1.165, 1.54) is 21.9 Å². The number of benzene rings is 3. The maximum atomic E-state index is 12.4. The lowest BCUT2D eigenvalue weighted by Crippen LogP contribution is -2.21. The standard InChI is InChI=1S/C25H26O2/c1-18-14-15-20-11-7-13-24(27-17-19-8-3-2-4-9-19)25(20)22(18)16-21-10-5-6-12-23(21)26/h2-4,7-9,11,13-15,21H,5-6,10,12,16-17H2,1H3/t21-/m0/s1. The number of Topliss-reactive ketones (excluding diaryl/α,β-unsaturated/α-hetero) is 1. The molecular formula is C25H26O2. The van der Waals surface area contributed by atoms with Crippen molar-refractivity contribution in [1.29, 1.82) is 0 Å². The van der Waals surface area contributed by atoms with Gasteiger partial charge in [0.05, 0.1) is 0 Å². The molecule has 0 bridgehead atoms. The Labute approximate surface area is 161 Å². The number of carbonyl (C=O) groups is 1. The van der Waals surface area contributed by atoms with Gasteiger partial charge in [0.15, 0.2) is 0 Å². The van der Waals surface area contributed by atoms with Crippen LogP contribution in [0, 0.1) is 12.8 Å². The van der Waals surface area contributed by atoms with Crippen molar-refractivity contribution >= 4 is 16.6 Å². The van der Waals surface area contributed by atoms with Crippen molar-refractivity contribution in [2.45, 2.75) is 45.6 Å². The maximum absolute atomic E-state index is 12.4. The Balaban J connectivity index is 1.69. The number of ketones is 1. The topological polar surface area (TPSA) is 26.3 Å². The van der Waals surface area contributed by atoms with E-state index in [0.29, 0.717) is 12.4 Å². The van der Waals surface area contributed by atoms with E-state index in [-0.39, 0.29) is 5.92 Å². The van der Waals surface area contributed by atoms with Gasteiger partial charge in [0.2, 0.25) is 0 Å². The third kappa shape index (κ3) is 3.90. The summed E-state index contributed by atoms with van der Waals surface area (Å²) in [5.74, 6) is 1.50.